The maximum Gasteiger partial charge on any atom is 0.303 e. The smallest absolute Gasteiger partial charge is 0.303 e. The second kappa shape index (κ2) is 17.2. The third kappa shape index (κ3) is 10.7. The zero-order chi connectivity index (χ0) is 27.0. The van der Waals surface area contributed by atoms with Crippen LogP contribution in [0.15, 0.2) is 36.5 Å². The maximum atomic E-state index is 12.2. The Balaban J connectivity index is 1.44. The average molecular weight is 529 g/mol. The van der Waals surface area contributed by atoms with E-state index in [0.29, 0.717) is 6.42 Å². The van der Waals surface area contributed by atoms with Crippen molar-refractivity contribution in [2.75, 3.05) is 0 Å². The molecule has 1 N–H and O–H groups in total. The van der Waals surface area contributed by atoms with E-state index in [4.69, 9.17) is 10.2 Å². The molecule has 4 nitrogen and oxygen atoms in total. The minimum Gasteiger partial charge on any atom is -0.481 e. The van der Waals surface area contributed by atoms with Crippen LogP contribution < -0.4 is 0 Å². The summed E-state index contributed by atoms with van der Waals surface area (Å²) in [5.41, 5.74) is 5.18. The number of carboxylic acids is 1. The standard InChI is InChI=1S/C32H46F2N2O2/c33-31(34)21-13-9-5-2-4-8-12-20-29-27(18-11-7-3-1-6-10-14-22-32(37)38)25-36(35-29)30-24-23-26-17-15-16-19-28(26)30/h15-17,19,23-25,30-31H,1-14,18,20-22H2,(H,37,38). The molecule has 0 saturated heterocycles. The van der Waals surface area contributed by atoms with Crippen LogP contribution in [-0.2, 0) is 17.6 Å². The molecule has 0 fully saturated rings. The van der Waals surface area contributed by atoms with E-state index < -0.39 is 12.4 Å². The molecule has 0 saturated carbocycles. The van der Waals surface area contributed by atoms with E-state index in [9.17, 15) is 13.6 Å². The van der Waals surface area contributed by atoms with E-state index in [2.05, 4.69) is 47.3 Å². The molecule has 1 aliphatic rings. The number of nitrogens with zero attached hydrogens (tertiary/aromatic N) is 2. The Labute approximate surface area is 227 Å². The van der Waals surface area contributed by atoms with Crippen LogP contribution in [0.2, 0.25) is 0 Å². The van der Waals surface area contributed by atoms with Gasteiger partial charge in [-0.15, -0.1) is 0 Å². The molecule has 1 unspecified atom stereocenters. The second-order valence-corrected chi connectivity index (χ2v) is 10.8. The number of rotatable bonds is 21. The average Bonchev–Trinajstić information content (AvgIpc) is 3.50. The van der Waals surface area contributed by atoms with Gasteiger partial charge in [-0.25, -0.2) is 8.78 Å². The predicted molar refractivity (Wildman–Crippen MR) is 151 cm³/mol. The van der Waals surface area contributed by atoms with Gasteiger partial charge in [-0.05, 0) is 55.2 Å². The summed E-state index contributed by atoms with van der Waals surface area (Å²) >= 11 is 0. The van der Waals surface area contributed by atoms with E-state index in [1.54, 1.807) is 0 Å². The van der Waals surface area contributed by atoms with Crippen LogP contribution in [0, 0.1) is 0 Å². The van der Waals surface area contributed by atoms with Crippen molar-refractivity contribution < 1.29 is 18.7 Å². The Bertz CT molecular complexity index is 986. The molecule has 0 aliphatic heterocycles. The molecule has 210 valence electrons. The van der Waals surface area contributed by atoms with Crippen molar-refractivity contribution in [3.8, 4) is 0 Å². The number of allylic oxidation sites excluding steroid dienone is 1. The fraction of sp³-hybridized carbons (Fsp3) is 0.625. The van der Waals surface area contributed by atoms with Gasteiger partial charge in [0.1, 0.15) is 0 Å². The summed E-state index contributed by atoms with van der Waals surface area (Å²) in [6.07, 6.45) is 21.7. The summed E-state index contributed by atoms with van der Waals surface area (Å²) in [6.45, 7) is 0. The molecule has 2 aromatic rings. The zero-order valence-electron chi connectivity index (χ0n) is 22.9. The normalized spacial score (nSPS) is 14.4. The number of hydrogen-bond acceptors (Lipinski definition) is 2. The number of hydrogen-bond donors (Lipinski definition) is 1. The number of aliphatic carboxylic acids is 1. The van der Waals surface area contributed by atoms with Crippen molar-refractivity contribution in [1.29, 1.82) is 0 Å². The van der Waals surface area contributed by atoms with Gasteiger partial charge in [-0.2, -0.15) is 5.10 Å². The van der Waals surface area contributed by atoms with Gasteiger partial charge >= 0.3 is 5.97 Å². The van der Waals surface area contributed by atoms with Crippen LogP contribution in [0.5, 0.6) is 0 Å². The fourth-order valence-corrected chi connectivity index (χ4v) is 5.44. The Morgan fingerprint density at radius 3 is 2.13 bits per heavy atom. The van der Waals surface area contributed by atoms with Crippen LogP contribution in [0.3, 0.4) is 0 Å². The zero-order valence-corrected chi connectivity index (χ0v) is 22.9. The molecule has 1 aromatic carbocycles. The predicted octanol–water partition coefficient (Wildman–Crippen LogP) is 9.18. The summed E-state index contributed by atoms with van der Waals surface area (Å²) in [5.74, 6) is -0.694. The maximum absolute atomic E-state index is 12.2. The van der Waals surface area contributed by atoms with E-state index in [1.807, 2.05) is 0 Å². The summed E-state index contributed by atoms with van der Waals surface area (Å²) in [6, 6.07) is 8.69. The van der Waals surface area contributed by atoms with Crippen molar-refractivity contribution in [3.05, 3.63) is 58.9 Å². The van der Waals surface area contributed by atoms with Gasteiger partial charge in [-0.3, -0.25) is 9.48 Å². The van der Waals surface area contributed by atoms with E-state index in [1.165, 1.54) is 41.6 Å². The number of carboxylic acid groups (broad SMARTS) is 1. The molecule has 0 radical (unpaired) electrons. The number of unbranched alkanes of at least 4 members (excludes halogenated alkanes) is 12. The van der Waals surface area contributed by atoms with E-state index >= 15 is 0 Å². The lowest BCUT2D eigenvalue weighted by Gasteiger charge is -2.11. The topological polar surface area (TPSA) is 55.1 Å². The molecule has 0 amide bonds. The summed E-state index contributed by atoms with van der Waals surface area (Å²) < 4.78 is 26.6. The van der Waals surface area contributed by atoms with Gasteiger partial charge in [-0.1, -0.05) is 101 Å². The van der Waals surface area contributed by atoms with Crippen LogP contribution in [-0.4, -0.2) is 27.3 Å². The van der Waals surface area contributed by atoms with Gasteiger partial charge < -0.3 is 5.11 Å². The highest BCUT2D eigenvalue weighted by molar-refractivity contribution is 5.66. The minimum atomic E-state index is -2.16. The molecule has 3 rings (SSSR count). The molecule has 6 heteroatoms. The second-order valence-electron chi connectivity index (χ2n) is 10.8. The van der Waals surface area contributed by atoms with Crippen molar-refractivity contribution in [2.45, 2.75) is 128 Å². The van der Waals surface area contributed by atoms with Crippen LogP contribution >= 0.6 is 0 Å². The highest BCUT2D eigenvalue weighted by atomic mass is 19.3. The molecular weight excluding hydrogens is 482 g/mol. The van der Waals surface area contributed by atoms with Gasteiger partial charge in [0, 0.05) is 19.0 Å². The number of aryl methyl sites for hydroxylation is 2. The summed E-state index contributed by atoms with van der Waals surface area (Å²) in [4.78, 5) is 10.6. The Hall–Kier alpha value is -2.50. The van der Waals surface area contributed by atoms with E-state index in [0.717, 1.165) is 77.0 Å². The van der Waals surface area contributed by atoms with Gasteiger partial charge in [0.05, 0.1) is 11.7 Å². The monoisotopic (exact) mass is 528 g/mol. The highest BCUT2D eigenvalue weighted by Gasteiger charge is 2.21. The first-order valence-corrected chi connectivity index (χ1v) is 14.9. The summed E-state index contributed by atoms with van der Waals surface area (Å²) in [5, 5.41) is 13.8. The van der Waals surface area contributed by atoms with Crippen molar-refractivity contribution in [2.24, 2.45) is 0 Å². The Kier molecular flexibility index (Phi) is 13.6. The number of carbonyl (C=O) groups is 1. The molecule has 38 heavy (non-hydrogen) atoms. The van der Waals surface area contributed by atoms with Gasteiger partial charge in [0.2, 0.25) is 6.43 Å². The molecule has 1 aliphatic carbocycles. The van der Waals surface area contributed by atoms with Gasteiger partial charge in [0.15, 0.2) is 0 Å². The fourth-order valence-electron chi connectivity index (χ4n) is 5.44. The van der Waals surface area contributed by atoms with Crippen LogP contribution in [0.4, 0.5) is 8.78 Å². The first-order valence-electron chi connectivity index (χ1n) is 14.9. The quantitative estimate of drug-likeness (QED) is 0.164. The van der Waals surface area contributed by atoms with Crippen molar-refractivity contribution in [1.82, 2.24) is 9.78 Å². The van der Waals surface area contributed by atoms with Crippen LogP contribution in [0.1, 0.15) is 131 Å². The van der Waals surface area contributed by atoms with Crippen molar-refractivity contribution in [3.63, 3.8) is 0 Å². The first kappa shape index (κ1) is 30.0. The number of benzene rings is 1. The van der Waals surface area contributed by atoms with E-state index in [-0.39, 0.29) is 18.9 Å². The first-order chi connectivity index (χ1) is 18.5. The lowest BCUT2D eigenvalue weighted by atomic mass is 10.0. The number of halogens is 2. The number of fused-ring (bicyclic) bond motifs is 1. The van der Waals surface area contributed by atoms with Gasteiger partial charge in [0.25, 0.3) is 0 Å². The Morgan fingerprint density at radius 1 is 0.842 bits per heavy atom. The molecule has 0 bridgehead atoms. The molecule has 1 aromatic heterocycles. The summed E-state index contributed by atoms with van der Waals surface area (Å²) in [7, 11) is 0. The molecule has 1 heterocycles. The van der Waals surface area contributed by atoms with Crippen LogP contribution in [0.25, 0.3) is 6.08 Å². The third-order valence-corrected chi connectivity index (χ3v) is 7.63. The minimum absolute atomic E-state index is 0.0406. The molecule has 1 atom stereocenters. The SMILES string of the molecule is O=C(O)CCCCCCCCCc1cn(C2C=Cc3ccccc32)nc1CCCCCCCCCC(F)F. The Morgan fingerprint density at radius 2 is 1.45 bits per heavy atom. The number of alkyl halides is 2. The lowest BCUT2D eigenvalue weighted by Crippen LogP contribution is -2.07. The highest BCUT2D eigenvalue weighted by Crippen LogP contribution is 2.31. The van der Waals surface area contributed by atoms with Crippen molar-refractivity contribution >= 4 is 12.0 Å². The largest absolute Gasteiger partial charge is 0.481 e. The third-order valence-electron chi connectivity index (χ3n) is 7.63. The molecular formula is C32H46F2N2O2. The number of aromatic nitrogens is 2. The molecule has 0 spiro atoms. The lowest BCUT2D eigenvalue weighted by molar-refractivity contribution is -0.137.